The number of hydrogen-bond acceptors (Lipinski definition) is 4. The van der Waals surface area contributed by atoms with Gasteiger partial charge in [-0.05, 0) is 49.4 Å². The van der Waals surface area contributed by atoms with Crippen molar-refractivity contribution in [3.8, 4) is 0 Å². The number of aryl methyl sites for hydroxylation is 1. The maximum absolute atomic E-state index is 10.8. The molecule has 0 aromatic heterocycles. The Morgan fingerprint density at radius 3 is 2.49 bits per heavy atom. The van der Waals surface area contributed by atoms with Crippen LogP contribution in [0.4, 0.5) is 5.69 Å². The van der Waals surface area contributed by atoms with Crippen LogP contribution in [0.5, 0.6) is 0 Å². The summed E-state index contributed by atoms with van der Waals surface area (Å²) in [4.78, 5) is 16.1. The van der Waals surface area contributed by atoms with Crippen molar-refractivity contribution in [2.45, 2.75) is 87.8 Å². The van der Waals surface area contributed by atoms with E-state index in [1.807, 2.05) is 11.8 Å². The molecule has 4 nitrogen and oxygen atoms in total. The molecule has 0 bridgehead atoms. The Bertz CT molecular complexity index is 911. The number of benzene rings is 2. The van der Waals surface area contributed by atoms with Crippen LogP contribution in [0, 0.1) is 12.8 Å². The summed E-state index contributed by atoms with van der Waals surface area (Å²) < 4.78 is 0. The number of piperazine rings is 1. The Kier molecular flexibility index (Phi) is 12.0. The van der Waals surface area contributed by atoms with E-state index in [9.17, 15) is 4.79 Å². The number of aliphatic carboxylic acids is 1. The third-order valence-corrected chi connectivity index (χ3v) is 8.17. The molecule has 192 valence electrons. The summed E-state index contributed by atoms with van der Waals surface area (Å²) in [6, 6.07) is 15.8. The first-order chi connectivity index (χ1) is 17.1. The molecule has 1 heterocycles. The Labute approximate surface area is 216 Å². The van der Waals surface area contributed by atoms with Crippen molar-refractivity contribution in [1.29, 1.82) is 0 Å². The van der Waals surface area contributed by atoms with Crippen LogP contribution in [-0.4, -0.2) is 37.3 Å². The van der Waals surface area contributed by atoms with E-state index < -0.39 is 5.97 Å². The zero-order valence-electron chi connectivity index (χ0n) is 21.7. The maximum atomic E-state index is 10.8. The number of carbonyl (C=O) groups is 1. The molecule has 0 radical (unpaired) electrons. The van der Waals surface area contributed by atoms with E-state index in [1.165, 1.54) is 58.7 Å². The van der Waals surface area contributed by atoms with Crippen LogP contribution in [0.3, 0.4) is 0 Å². The summed E-state index contributed by atoms with van der Waals surface area (Å²) in [5, 5.41) is 12.4. The molecular formula is C30H44N2O2S. The molecule has 3 rings (SSSR count). The van der Waals surface area contributed by atoms with Gasteiger partial charge in [0.1, 0.15) is 0 Å². The van der Waals surface area contributed by atoms with Crippen molar-refractivity contribution in [3.05, 3.63) is 53.6 Å². The molecule has 1 atom stereocenters. The van der Waals surface area contributed by atoms with Crippen molar-refractivity contribution in [2.24, 2.45) is 5.92 Å². The predicted molar refractivity (Wildman–Crippen MR) is 149 cm³/mol. The van der Waals surface area contributed by atoms with Crippen LogP contribution in [0.1, 0.15) is 75.8 Å². The van der Waals surface area contributed by atoms with Crippen LogP contribution < -0.4 is 10.2 Å². The van der Waals surface area contributed by atoms with Gasteiger partial charge in [0.2, 0.25) is 0 Å². The van der Waals surface area contributed by atoms with Crippen LogP contribution in [0.15, 0.2) is 52.3 Å². The quantitative estimate of drug-likeness (QED) is 0.253. The molecular weight excluding hydrogens is 452 g/mol. The number of anilines is 1. The van der Waals surface area contributed by atoms with Crippen LogP contribution in [-0.2, 0) is 11.2 Å². The molecule has 2 aromatic carbocycles. The lowest BCUT2D eigenvalue weighted by molar-refractivity contribution is -0.137. The molecule has 0 saturated carbocycles. The molecule has 0 amide bonds. The highest BCUT2D eigenvalue weighted by Gasteiger charge is 2.17. The second-order valence-electron chi connectivity index (χ2n) is 9.98. The minimum atomic E-state index is -0.674. The zero-order chi connectivity index (χ0) is 24.9. The van der Waals surface area contributed by atoms with Gasteiger partial charge in [0.25, 0.3) is 0 Å². The van der Waals surface area contributed by atoms with Gasteiger partial charge in [0, 0.05) is 42.4 Å². The minimum absolute atomic E-state index is 0.297. The van der Waals surface area contributed by atoms with Gasteiger partial charge in [0.05, 0.1) is 5.69 Å². The summed E-state index contributed by atoms with van der Waals surface area (Å²) in [5.74, 6) is -0.0111. The molecule has 1 aliphatic heterocycles. The topological polar surface area (TPSA) is 52.6 Å². The van der Waals surface area contributed by atoms with Crippen LogP contribution in [0.2, 0.25) is 0 Å². The van der Waals surface area contributed by atoms with Crippen molar-refractivity contribution in [1.82, 2.24) is 5.32 Å². The summed E-state index contributed by atoms with van der Waals surface area (Å²) in [7, 11) is 0. The van der Waals surface area contributed by atoms with E-state index in [1.54, 1.807) is 0 Å². The largest absolute Gasteiger partial charge is 0.481 e. The minimum Gasteiger partial charge on any atom is -0.481 e. The highest BCUT2D eigenvalue weighted by molar-refractivity contribution is 7.99. The number of carboxylic acids is 1. The van der Waals surface area contributed by atoms with Gasteiger partial charge in [-0.3, -0.25) is 4.79 Å². The van der Waals surface area contributed by atoms with E-state index in [-0.39, 0.29) is 0 Å². The smallest absolute Gasteiger partial charge is 0.303 e. The predicted octanol–water partition coefficient (Wildman–Crippen LogP) is 7.33. The lowest BCUT2D eigenvalue weighted by atomic mass is 9.88. The molecule has 1 aliphatic rings. The lowest BCUT2D eigenvalue weighted by Gasteiger charge is -2.31. The van der Waals surface area contributed by atoms with E-state index in [2.05, 4.69) is 66.5 Å². The maximum Gasteiger partial charge on any atom is 0.303 e. The Morgan fingerprint density at radius 1 is 1.00 bits per heavy atom. The summed E-state index contributed by atoms with van der Waals surface area (Å²) in [5.41, 5.74) is 4.15. The number of hydrogen-bond donors (Lipinski definition) is 2. The standard InChI is InChI=1S/C30H44N2O2S/c1-3-4-6-11-25(12-7-5-8-15-30(33)34)23-26-22-24(2)16-17-28(26)35-29-14-10-9-13-27(29)32-20-18-31-19-21-32/h9-10,13-14,16-17,22,25,31H,3-8,11-12,15,18-21,23H2,1-2H3,(H,33,34). The van der Waals surface area contributed by atoms with Gasteiger partial charge in [-0.25, -0.2) is 0 Å². The molecule has 5 heteroatoms. The Morgan fingerprint density at radius 2 is 1.74 bits per heavy atom. The summed E-state index contributed by atoms with van der Waals surface area (Å²) >= 11 is 1.92. The molecule has 35 heavy (non-hydrogen) atoms. The molecule has 0 spiro atoms. The van der Waals surface area contributed by atoms with Crippen molar-refractivity contribution < 1.29 is 9.90 Å². The average molecular weight is 497 g/mol. The van der Waals surface area contributed by atoms with Gasteiger partial charge in [-0.15, -0.1) is 0 Å². The number of nitrogens with one attached hydrogen (secondary N) is 1. The number of carboxylic acid groups (broad SMARTS) is 1. The molecule has 0 aliphatic carbocycles. The number of rotatable bonds is 15. The molecule has 1 unspecified atom stereocenters. The van der Waals surface area contributed by atoms with Gasteiger partial charge in [0.15, 0.2) is 0 Å². The van der Waals surface area contributed by atoms with Gasteiger partial charge in [-0.2, -0.15) is 0 Å². The fourth-order valence-electron chi connectivity index (χ4n) is 5.02. The van der Waals surface area contributed by atoms with Crippen molar-refractivity contribution >= 4 is 23.4 Å². The third-order valence-electron chi connectivity index (χ3n) is 6.99. The monoisotopic (exact) mass is 496 g/mol. The zero-order valence-corrected chi connectivity index (χ0v) is 22.5. The highest BCUT2D eigenvalue weighted by Crippen LogP contribution is 2.38. The van der Waals surface area contributed by atoms with E-state index in [0.717, 1.165) is 51.9 Å². The second-order valence-corrected chi connectivity index (χ2v) is 11.1. The SMILES string of the molecule is CCCCCC(CCCCCC(=O)O)Cc1cc(C)ccc1Sc1ccccc1N1CCNCC1. The van der Waals surface area contributed by atoms with Gasteiger partial charge >= 0.3 is 5.97 Å². The average Bonchev–Trinajstić information content (AvgIpc) is 2.86. The molecule has 2 aromatic rings. The summed E-state index contributed by atoms with van der Waals surface area (Å²) in [6.07, 6.45) is 10.6. The first-order valence-electron chi connectivity index (χ1n) is 13.6. The normalized spacial score (nSPS) is 14.7. The van der Waals surface area contributed by atoms with Crippen molar-refractivity contribution in [2.75, 3.05) is 31.1 Å². The lowest BCUT2D eigenvalue weighted by Crippen LogP contribution is -2.43. The second kappa shape index (κ2) is 15.2. The van der Waals surface area contributed by atoms with Gasteiger partial charge < -0.3 is 15.3 Å². The molecule has 1 fully saturated rings. The fourth-order valence-corrected chi connectivity index (χ4v) is 6.12. The number of nitrogens with zero attached hydrogens (tertiary/aromatic N) is 1. The Hall–Kier alpha value is -1.98. The van der Waals surface area contributed by atoms with E-state index in [0.29, 0.717) is 12.3 Å². The van der Waals surface area contributed by atoms with Crippen LogP contribution in [0.25, 0.3) is 0 Å². The van der Waals surface area contributed by atoms with E-state index in [4.69, 9.17) is 5.11 Å². The summed E-state index contributed by atoms with van der Waals surface area (Å²) in [6.45, 7) is 8.66. The van der Waals surface area contributed by atoms with Crippen molar-refractivity contribution in [3.63, 3.8) is 0 Å². The number of unbranched alkanes of at least 4 members (excludes halogenated alkanes) is 4. The molecule has 1 saturated heterocycles. The third kappa shape index (κ3) is 9.53. The van der Waals surface area contributed by atoms with Gasteiger partial charge in [-0.1, -0.05) is 93.5 Å². The first-order valence-corrected chi connectivity index (χ1v) is 14.4. The molecule has 2 N–H and O–H groups in total. The highest BCUT2D eigenvalue weighted by atomic mass is 32.2. The van der Waals surface area contributed by atoms with Crippen LogP contribution >= 0.6 is 11.8 Å². The Balaban J connectivity index is 1.72. The van der Waals surface area contributed by atoms with E-state index >= 15 is 0 Å². The fraction of sp³-hybridized carbons (Fsp3) is 0.567. The first kappa shape index (κ1) is 27.6. The number of para-hydroxylation sites is 1.